The van der Waals surface area contributed by atoms with Crippen molar-refractivity contribution < 1.29 is 4.42 Å². The summed E-state index contributed by atoms with van der Waals surface area (Å²) >= 11 is 3.33. The molecule has 2 heterocycles. The molecule has 0 radical (unpaired) electrons. The van der Waals surface area contributed by atoms with E-state index in [0.717, 1.165) is 16.9 Å². The number of hydrogen-bond donors (Lipinski definition) is 1. The number of rotatable bonds is 3. The maximum atomic E-state index is 6.14. The third-order valence-corrected chi connectivity index (χ3v) is 3.21. The van der Waals surface area contributed by atoms with Crippen molar-refractivity contribution in [2.24, 2.45) is 5.73 Å². The normalized spacial score (nSPS) is 12.5. The Hall–Kier alpha value is -1.33. The summed E-state index contributed by atoms with van der Waals surface area (Å²) in [6, 6.07) is 5.55. The smallest absolute Gasteiger partial charge is 0.174 e. The third-order valence-electron chi connectivity index (χ3n) is 2.57. The quantitative estimate of drug-likeness (QED) is 0.945. The van der Waals surface area contributed by atoms with Crippen molar-refractivity contribution in [1.82, 2.24) is 4.98 Å². The van der Waals surface area contributed by atoms with Crippen molar-refractivity contribution in [3.05, 3.63) is 46.5 Å². The summed E-state index contributed by atoms with van der Waals surface area (Å²) < 4.78 is 5.85. The predicted molar refractivity (Wildman–Crippen MR) is 71.0 cm³/mol. The fourth-order valence-corrected chi connectivity index (χ4v) is 2.04. The largest absolute Gasteiger partial charge is 0.457 e. The van der Waals surface area contributed by atoms with E-state index in [0.29, 0.717) is 4.67 Å². The molecule has 2 aromatic rings. The van der Waals surface area contributed by atoms with Gasteiger partial charge in [0, 0.05) is 25.9 Å². The summed E-state index contributed by atoms with van der Waals surface area (Å²) in [6.07, 6.45) is 3.40. The van der Waals surface area contributed by atoms with Crippen molar-refractivity contribution in [3.63, 3.8) is 0 Å². The van der Waals surface area contributed by atoms with Gasteiger partial charge in [-0.15, -0.1) is 0 Å². The lowest BCUT2D eigenvalue weighted by molar-refractivity contribution is 0.534. The van der Waals surface area contributed by atoms with Crippen LogP contribution in [0, 0.1) is 0 Å². The average molecular weight is 296 g/mol. The Morgan fingerprint density at radius 1 is 1.35 bits per heavy atom. The molecule has 0 aliphatic carbocycles. The van der Waals surface area contributed by atoms with Crippen molar-refractivity contribution in [2.75, 3.05) is 19.0 Å². The van der Waals surface area contributed by atoms with Crippen LogP contribution in [0.25, 0.3) is 0 Å². The van der Waals surface area contributed by atoms with Gasteiger partial charge in [0.2, 0.25) is 0 Å². The predicted octanol–water partition coefficient (Wildman–Crippen LogP) is 2.55. The highest BCUT2D eigenvalue weighted by Gasteiger charge is 2.14. The first-order chi connectivity index (χ1) is 8.09. The molecule has 0 aliphatic rings. The number of hydrogen-bond acceptors (Lipinski definition) is 4. The van der Waals surface area contributed by atoms with Crippen molar-refractivity contribution >= 4 is 21.7 Å². The summed E-state index contributed by atoms with van der Waals surface area (Å²) in [5, 5.41) is 0. The van der Waals surface area contributed by atoms with Crippen LogP contribution >= 0.6 is 15.9 Å². The molecule has 0 spiro atoms. The molecule has 0 aromatic carbocycles. The zero-order valence-electron chi connectivity index (χ0n) is 9.72. The SMILES string of the molecule is CN(C)c1ccc(C(N)c2ccoc2Br)cn1. The number of nitrogens with zero attached hydrogens (tertiary/aromatic N) is 2. The molecule has 0 saturated carbocycles. The molecule has 2 rings (SSSR count). The minimum atomic E-state index is -0.230. The highest BCUT2D eigenvalue weighted by molar-refractivity contribution is 9.10. The minimum Gasteiger partial charge on any atom is -0.457 e. The second-order valence-corrected chi connectivity index (χ2v) is 4.69. The van der Waals surface area contributed by atoms with Crippen molar-refractivity contribution in [2.45, 2.75) is 6.04 Å². The zero-order valence-corrected chi connectivity index (χ0v) is 11.3. The van der Waals surface area contributed by atoms with E-state index in [1.54, 1.807) is 12.5 Å². The zero-order chi connectivity index (χ0) is 12.4. The fraction of sp³-hybridized carbons (Fsp3) is 0.250. The Kier molecular flexibility index (Phi) is 3.49. The number of anilines is 1. The van der Waals surface area contributed by atoms with Gasteiger partial charge < -0.3 is 15.1 Å². The van der Waals surface area contributed by atoms with E-state index in [4.69, 9.17) is 10.2 Å². The van der Waals surface area contributed by atoms with Gasteiger partial charge in [-0.1, -0.05) is 6.07 Å². The highest BCUT2D eigenvalue weighted by atomic mass is 79.9. The summed E-state index contributed by atoms with van der Waals surface area (Å²) in [7, 11) is 3.91. The van der Waals surface area contributed by atoms with Crippen LogP contribution in [0.15, 0.2) is 39.7 Å². The first kappa shape index (κ1) is 12.1. The van der Waals surface area contributed by atoms with Crippen LogP contribution in [0.2, 0.25) is 0 Å². The summed E-state index contributed by atoms with van der Waals surface area (Å²) in [6.45, 7) is 0. The van der Waals surface area contributed by atoms with Crippen LogP contribution < -0.4 is 10.6 Å². The van der Waals surface area contributed by atoms with Gasteiger partial charge >= 0.3 is 0 Å². The number of nitrogens with two attached hydrogens (primary N) is 1. The Morgan fingerprint density at radius 2 is 2.12 bits per heavy atom. The van der Waals surface area contributed by atoms with E-state index in [-0.39, 0.29) is 6.04 Å². The number of aromatic nitrogens is 1. The van der Waals surface area contributed by atoms with Crippen molar-refractivity contribution in [1.29, 1.82) is 0 Å². The number of furan rings is 1. The van der Waals surface area contributed by atoms with Gasteiger partial charge in [0.1, 0.15) is 5.82 Å². The van der Waals surface area contributed by atoms with E-state index < -0.39 is 0 Å². The first-order valence-corrected chi connectivity index (χ1v) is 6.00. The van der Waals surface area contributed by atoms with E-state index in [1.165, 1.54) is 0 Å². The summed E-state index contributed by atoms with van der Waals surface area (Å²) in [5.41, 5.74) is 8.02. The van der Waals surface area contributed by atoms with E-state index >= 15 is 0 Å². The van der Waals surface area contributed by atoms with Gasteiger partial charge in [0.05, 0.1) is 12.3 Å². The lowest BCUT2D eigenvalue weighted by Crippen LogP contribution is -2.14. The lowest BCUT2D eigenvalue weighted by atomic mass is 10.0. The Bertz CT molecular complexity index is 493. The van der Waals surface area contributed by atoms with Crippen LogP contribution in [0.4, 0.5) is 5.82 Å². The van der Waals surface area contributed by atoms with Crippen molar-refractivity contribution in [3.8, 4) is 0 Å². The number of halogens is 1. The Balaban J connectivity index is 2.26. The Labute approximate surface area is 109 Å². The van der Waals surface area contributed by atoms with Crippen LogP contribution in [0.3, 0.4) is 0 Å². The standard InChI is InChI=1S/C12H14BrN3O/c1-16(2)10-4-3-8(7-15-10)11(14)9-5-6-17-12(9)13/h3-7,11H,14H2,1-2H3. The molecule has 0 fully saturated rings. The van der Waals surface area contributed by atoms with Crippen LogP contribution in [0.1, 0.15) is 17.2 Å². The van der Waals surface area contributed by atoms with Crippen LogP contribution in [0.5, 0.6) is 0 Å². The van der Waals surface area contributed by atoms with E-state index in [1.807, 2.05) is 37.2 Å². The molecule has 90 valence electrons. The second-order valence-electron chi connectivity index (χ2n) is 3.97. The second kappa shape index (κ2) is 4.89. The van der Waals surface area contributed by atoms with Gasteiger partial charge in [0.15, 0.2) is 4.67 Å². The number of pyridine rings is 1. The molecule has 5 heteroatoms. The van der Waals surface area contributed by atoms with E-state index in [2.05, 4.69) is 20.9 Å². The molecule has 1 atom stereocenters. The molecular formula is C12H14BrN3O. The molecule has 0 saturated heterocycles. The molecule has 17 heavy (non-hydrogen) atoms. The monoisotopic (exact) mass is 295 g/mol. The van der Waals surface area contributed by atoms with Gasteiger partial charge in [0.25, 0.3) is 0 Å². The summed E-state index contributed by atoms with van der Waals surface area (Å²) in [5.74, 6) is 0.909. The third kappa shape index (κ3) is 2.50. The summed E-state index contributed by atoms with van der Waals surface area (Å²) in [4.78, 5) is 6.29. The van der Waals surface area contributed by atoms with Crippen LogP contribution in [-0.4, -0.2) is 19.1 Å². The molecule has 2 N–H and O–H groups in total. The highest BCUT2D eigenvalue weighted by Crippen LogP contribution is 2.27. The molecule has 0 aliphatic heterocycles. The molecule has 4 nitrogen and oxygen atoms in total. The topological polar surface area (TPSA) is 55.3 Å². The molecule has 1 unspecified atom stereocenters. The van der Waals surface area contributed by atoms with Crippen LogP contribution in [-0.2, 0) is 0 Å². The van der Waals surface area contributed by atoms with Gasteiger partial charge in [-0.2, -0.15) is 0 Å². The fourth-order valence-electron chi connectivity index (χ4n) is 1.55. The maximum absolute atomic E-state index is 6.14. The molecule has 2 aromatic heterocycles. The maximum Gasteiger partial charge on any atom is 0.174 e. The van der Waals surface area contributed by atoms with Gasteiger partial charge in [-0.3, -0.25) is 0 Å². The van der Waals surface area contributed by atoms with E-state index in [9.17, 15) is 0 Å². The minimum absolute atomic E-state index is 0.230. The molecular weight excluding hydrogens is 282 g/mol. The average Bonchev–Trinajstić information content (AvgIpc) is 2.74. The van der Waals surface area contributed by atoms with Gasteiger partial charge in [-0.05, 0) is 33.6 Å². The molecule has 0 bridgehead atoms. The van der Waals surface area contributed by atoms with Gasteiger partial charge in [-0.25, -0.2) is 4.98 Å². The molecule has 0 amide bonds. The first-order valence-electron chi connectivity index (χ1n) is 5.21. The Morgan fingerprint density at radius 3 is 2.59 bits per heavy atom. The lowest BCUT2D eigenvalue weighted by Gasteiger charge is -2.14.